The van der Waals surface area contributed by atoms with Gasteiger partial charge in [-0.2, -0.15) is 0 Å². The summed E-state index contributed by atoms with van der Waals surface area (Å²) >= 11 is 0. The summed E-state index contributed by atoms with van der Waals surface area (Å²) in [5, 5.41) is 11.2. The monoisotopic (exact) mass is 392 g/mol. The highest BCUT2D eigenvalue weighted by Crippen LogP contribution is 2.83. The van der Waals surface area contributed by atoms with Gasteiger partial charge in [0.1, 0.15) is 12.2 Å². The van der Waals surface area contributed by atoms with Crippen molar-refractivity contribution >= 4 is 17.9 Å². The van der Waals surface area contributed by atoms with Crippen LogP contribution in [0.2, 0.25) is 0 Å². The fourth-order valence-corrected chi connectivity index (χ4v) is 8.09. The van der Waals surface area contributed by atoms with Gasteiger partial charge in [0.2, 0.25) is 6.29 Å². The van der Waals surface area contributed by atoms with Gasteiger partial charge in [0.25, 0.3) is 0 Å². The number of carbonyl (C=O) groups is 3. The van der Waals surface area contributed by atoms with Crippen molar-refractivity contribution in [3.05, 3.63) is 0 Å². The van der Waals surface area contributed by atoms with E-state index >= 15 is 0 Å². The molecule has 4 saturated heterocycles. The van der Waals surface area contributed by atoms with Crippen LogP contribution in [0.1, 0.15) is 40.5 Å². The highest BCUT2D eigenvalue weighted by molar-refractivity contribution is 5.91. The van der Waals surface area contributed by atoms with Crippen LogP contribution in [0.15, 0.2) is 0 Å². The Morgan fingerprint density at radius 2 is 1.79 bits per heavy atom. The van der Waals surface area contributed by atoms with Gasteiger partial charge in [-0.25, -0.2) is 9.59 Å². The SMILES string of the molecule is C[C@H]1C(=O)OC2CC34C5C[C@@H](C(C)(C)C)C36[C@@H](OC(=O)[C@@H]6O)O[C@@]4(C(=O)O5)[C@H]21. The Morgan fingerprint density at radius 3 is 2.46 bits per heavy atom. The zero-order valence-corrected chi connectivity index (χ0v) is 16.3. The molecule has 4 aliphatic heterocycles. The fourth-order valence-electron chi connectivity index (χ4n) is 8.09. The number of hydrogen-bond donors (Lipinski definition) is 1. The standard InChI is InChI=1S/C20H24O8/c1-7-11-8(25-13(7)22)6-18-10-5-9(17(2,3)4)19(18)12(21)14(23)27-16(19)28-20(11,18)15(24)26-10/h7-12,16,21H,5-6H2,1-4H3/t7-,8?,9+,10?,11+,12+,16+,18?,19?,20-/m1/s1. The van der Waals surface area contributed by atoms with E-state index in [1.807, 2.05) is 0 Å². The molecule has 28 heavy (non-hydrogen) atoms. The van der Waals surface area contributed by atoms with Crippen molar-refractivity contribution in [1.82, 2.24) is 0 Å². The van der Waals surface area contributed by atoms with E-state index in [4.69, 9.17) is 18.9 Å². The highest BCUT2D eigenvalue weighted by Gasteiger charge is 2.97. The highest BCUT2D eigenvalue weighted by atomic mass is 16.7. The number of esters is 3. The van der Waals surface area contributed by atoms with Gasteiger partial charge in [-0.15, -0.1) is 0 Å². The molecule has 2 saturated carbocycles. The predicted molar refractivity (Wildman–Crippen MR) is 89.2 cm³/mol. The Morgan fingerprint density at radius 1 is 1.07 bits per heavy atom. The molecule has 8 heteroatoms. The molecule has 2 spiro atoms. The van der Waals surface area contributed by atoms with E-state index in [0.717, 1.165) is 0 Å². The van der Waals surface area contributed by atoms with Gasteiger partial charge < -0.3 is 24.1 Å². The van der Waals surface area contributed by atoms with Crippen LogP contribution in [-0.4, -0.2) is 53.2 Å². The lowest BCUT2D eigenvalue weighted by Crippen LogP contribution is -2.59. The summed E-state index contributed by atoms with van der Waals surface area (Å²) in [6.07, 6.45) is -2.58. The van der Waals surface area contributed by atoms with Crippen LogP contribution < -0.4 is 0 Å². The van der Waals surface area contributed by atoms with Crippen molar-refractivity contribution in [3.63, 3.8) is 0 Å². The third kappa shape index (κ3) is 1.32. The van der Waals surface area contributed by atoms with E-state index in [0.29, 0.717) is 12.8 Å². The maximum absolute atomic E-state index is 13.3. The average molecular weight is 392 g/mol. The third-order valence-corrected chi connectivity index (χ3v) is 8.76. The molecule has 6 aliphatic rings. The van der Waals surface area contributed by atoms with E-state index < -0.39 is 64.8 Å². The molecule has 0 aromatic carbocycles. The molecular formula is C20H24O8. The molecular weight excluding hydrogens is 368 g/mol. The topological polar surface area (TPSA) is 108 Å². The number of rotatable bonds is 0. The zero-order valence-electron chi connectivity index (χ0n) is 16.3. The first-order chi connectivity index (χ1) is 13.0. The van der Waals surface area contributed by atoms with E-state index in [1.54, 1.807) is 6.92 Å². The van der Waals surface area contributed by atoms with Gasteiger partial charge in [0, 0.05) is 5.92 Å². The first-order valence-electron chi connectivity index (χ1n) is 10.0. The lowest BCUT2D eigenvalue weighted by atomic mass is 9.52. The molecule has 4 unspecified atom stereocenters. The van der Waals surface area contributed by atoms with Gasteiger partial charge >= 0.3 is 17.9 Å². The zero-order chi connectivity index (χ0) is 20.0. The number of aliphatic hydroxyl groups is 1. The summed E-state index contributed by atoms with van der Waals surface area (Å²) in [4.78, 5) is 38.0. The smallest absolute Gasteiger partial charge is 0.340 e. The summed E-state index contributed by atoms with van der Waals surface area (Å²) in [6, 6.07) is 0. The molecule has 6 fully saturated rings. The molecule has 2 aliphatic carbocycles. The minimum Gasteiger partial charge on any atom is -0.462 e. The summed E-state index contributed by atoms with van der Waals surface area (Å²) < 4.78 is 23.3. The van der Waals surface area contributed by atoms with Crippen molar-refractivity contribution in [2.24, 2.45) is 34.0 Å². The predicted octanol–water partition coefficient (Wildman–Crippen LogP) is 0.545. The molecule has 8 nitrogen and oxygen atoms in total. The van der Waals surface area contributed by atoms with E-state index in [1.165, 1.54) is 0 Å². The second-order valence-corrected chi connectivity index (χ2v) is 10.5. The van der Waals surface area contributed by atoms with Crippen LogP contribution in [-0.2, 0) is 33.3 Å². The number of aliphatic hydroxyl groups excluding tert-OH is 1. The molecule has 0 radical (unpaired) electrons. The molecule has 152 valence electrons. The third-order valence-electron chi connectivity index (χ3n) is 8.76. The Labute approximate surface area is 161 Å². The average Bonchev–Trinajstić information content (AvgIpc) is 3.30. The molecule has 0 aromatic rings. The van der Waals surface area contributed by atoms with Crippen molar-refractivity contribution in [3.8, 4) is 0 Å². The van der Waals surface area contributed by atoms with Crippen LogP contribution in [0.25, 0.3) is 0 Å². The Kier molecular flexibility index (Phi) is 2.71. The van der Waals surface area contributed by atoms with Crippen molar-refractivity contribution in [1.29, 1.82) is 0 Å². The maximum atomic E-state index is 13.3. The Bertz CT molecular complexity index is 846. The van der Waals surface area contributed by atoms with Gasteiger partial charge in [-0.05, 0) is 24.2 Å². The maximum Gasteiger partial charge on any atom is 0.340 e. The van der Waals surface area contributed by atoms with Gasteiger partial charge in [0.15, 0.2) is 11.7 Å². The molecule has 0 bridgehead atoms. The first-order valence-corrected chi connectivity index (χ1v) is 10.0. The van der Waals surface area contributed by atoms with Crippen LogP contribution in [0, 0.1) is 34.0 Å². The lowest BCUT2D eigenvalue weighted by Gasteiger charge is -2.46. The van der Waals surface area contributed by atoms with Crippen LogP contribution >= 0.6 is 0 Å². The summed E-state index contributed by atoms with van der Waals surface area (Å²) in [7, 11) is 0. The second kappa shape index (κ2) is 4.41. The van der Waals surface area contributed by atoms with E-state index in [9.17, 15) is 19.5 Å². The summed E-state index contributed by atoms with van der Waals surface area (Å²) in [5.41, 5.74) is -3.77. The number of ether oxygens (including phenoxy) is 4. The molecule has 4 heterocycles. The Balaban J connectivity index is 1.65. The molecule has 0 amide bonds. The van der Waals surface area contributed by atoms with Crippen LogP contribution in [0.5, 0.6) is 0 Å². The summed E-state index contributed by atoms with van der Waals surface area (Å²) in [6.45, 7) is 7.90. The Hall–Kier alpha value is -1.67. The van der Waals surface area contributed by atoms with Crippen molar-refractivity contribution in [2.75, 3.05) is 0 Å². The lowest BCUT2D eigenvalue weighted by molar-refractivity contribution is -0.206. The normalized spacial score (nSPS) is 58.2. The van der Waals surface area contributed by atoms with Crippen LogP contribution in [0.3, 0.4) is 0 Å². The van der Waals surface area contributed by atoms with Gasteiger partial charge in [-0.3, -0.25) is 4.79 Å². The van der Waals surface area contributed by atoms with Crippen LogP contribution in [0.4, 0.5) is 0 Å². The van der Waals surface area contributed by atoms with Gasteiger partial charge in [0.05, 0.1) is 16.7 Å². The van der Waals surface area contributed by atoms with Gasteiger partial charge in [-0.1, -0.05) is 27.7 Å². The molecule has 0 aromatic heterocycles. The quantitative estimate of drug-likeness (QED) is 0.470. The second-order valence-electron chi connectivity index (χ2n) is 10.5. The number of hydrogen-bond acceptors (Lipinski definition) is 8. The summed E-state index contributed by atoms with van der Waals surface area (Å²) in [5.74, 6) is -2.80. The van der Waals surface area contributed by atoms with E-state index in [-0.39, 0.29) is 17.3 Å². The first kappa shape index (κ1) is 17.2. The number of carbonyl (C=O) groups excluding carboxylic acids is 3. The van der Waals surface area contributed by atoms with Crippen molar-refractivity contribution < 1.29 is 38.4 Å². The molecule has 10 atom stereocenters. The van der Waals surface area contributed by atoms with E-state index in [2.05, 4.69) is 20.8 Å². The molecule has 1 N–H and O–H groups in total. The molecule has 6 rings (SSSR count). The minimum atomic E-state index is -1.43. The fraction of sp³-hybridized carbons (Fsp3) is 0.850. The van der Waals surface area contributed by atoms with Crippen molar-refractivity contribution in [2.45, 2.75) is 70.7 Å². The minimum absolute atomic E-state index is 0.170. The largest absolute Gasteiger partial charge is 0.462 e. The number of fused-ring (bicyclic) bond motifs is 1.